The maximum Gasteiger partial charge on any atom is 0.357 e. The number of aromatic nitrogens is 2. The molecule has 0 atom stereocenters. The van der Waals surface area contributed by atoms with E-state index in [1.807, 2.05) is 0 Å². The Labute approximate surface area is 172 Å². The van der Waals surface area contributed by atoms with E-state index in [2.05, 4.69) is 26.3 Å². The maximum absolute atomic E-state index is 12.6. The van der Waals surface area contributed by atoms with Crippen LogP contribution in [0.4, 0.5) is 5.69 Å². The van der Waals surface area contributed by atoms with Crippen molar-refractivity contribution in [2.24, 2.45) is 0 Å². The summed E-state index contributed by atoms with van der Waals surface area (Å²) in [5.74, 6) is -0.794. The largest absolute Gasteiger partial charge is 0.486 e. The van der Waals surface area contributed by atoms with Gasteiger partial charge in [0.2, 0.25) is 5.91 Å². The third kappa shape index (κ3) is 3.66. The number of rotatable bonds is 4. The number of hydrogen-bond acceptors (Lipinski definition) is 6. The Balaban J connectivity index is 1.64. The van der Waals surface area contributed by atoms with Gasteiger partial charge in [0.05, 0.1) is 11.1 Å². The summed E-state index contributed by atoms with van der Waals surface area (Å²) in [6, 6.07) is 9.52. The van der Waals surface area contributed by atoms with E-state index in [0.29, 0.717) is 34.9 Å². The number of carbonyl (C=O) groups is 2. The van der Waals surface area contributed by atoms with Crippen LogP contribution in [0.3, 0.4) is 0 Å². The van der Waals surface area contributed by atoms with Crippen LogP contribution in [0.25, 0.3) is 10.8 Å². The quantitative estimate of drug-likeness (QED) is 0.613. The third-order valence-corrected chi connectivity index (χ3v) is 4.93. The van der Waals surface area contributed by atoms with Crippen LogP contribution >= 0.6 is 15.9 Å². The number of anilines is 1. The van der Waals surface area contributed by atoms with Gasteiger partial charge in [-0.3, -0.25) is 9.59 Å². The minimum Gasteiger partial charge on any atom is -0.486 e. The van der Waals surface area contributed by atoms with Crippen molar-refractivity contribution < 1.29 is 24.2 Å². The molecule has 10 heteroatoms. The molecule has 9 nitrogen and oxygen atoms in total. The fraction of sp³-hybridized carbons (Fsp3) is 0.158. The summed E-state index contributed by atoms with van der Waals surface area (Å²) in [6.07, 6.45) is 0. The zero-order valence-electron chi connectivity index (χ0n) is 14.8. The van der Waals surface area contributed by atoms with Crippen LogP contribution in [0.5, 0.6) is 11.5 Å². The Kier molecular flexibility index (Phi) is 4.93. The van der Waals surface area contributed by atoms with Crippen molar-refractivity contribution in [2.45, 2.75) is 6.54 Å². The predicted molar refractivity (Wildman–Crippen MR) is 107 cm³/mol. The highest BCUT2D eigenvalue weighted by Gasteiger charge is 2.19. The molecule has 0 fully saturated rings. The number of nitrogens with zero attached hydrogens (tertiary/aromatic N) is 2. The standard InChI is InChI=1S/C19H14BrN3O6/c20-12-7-14-15(29-6-5-28-14)8-13(12)21-16(24)9-23-18(25)11-4-2-1-3-10(11)17(22-23)19(26)27/h1-4,7-8H,5-6,9H2,(H,21,24)(H,26,27). The first-order valence-corrected chi connectivity index (χ1v) is 9.35. The molecule has 2 N–H and O–H groups in total. The first-order chi connectivity index (χ1) is 13.9. The minimum atomic E-state index is -1.29. The van der Waals surface area contributed by atoms with Crippen LogP contribution in [-0.4, -0.2) is 40.0 Å². The zero-order valence-corrected chi connectivity index (χ0v) is 16.4. The molecule has 1 amide bonds. The van der Waals surface area contributed by atoms with E-state index >= 15 is 0 Å². The number of ether oxygens (including phenoxy) is 2. The molecule has 0 bridgehead atoms. The van der Waals surface area contributed by atoms with Gasteiger partial charge in [-0.2, -0.15) is 5.10 Å². The Bertz CT molecular complexity index is 1210. The highest BCUT2D eigenvalue weighted by Crippen LogP contribution is 2.38. The van der Waals surface area contributed by atoms with Crippen molar-refractivity contribution >= 4 is 44.3 Å². The van der Waals surface area contributed by atoms with Crippen LogP contribution in [0.1, 0.15) is 10.5 Å². The highest BCUT2D eigenvalue weighted by atomic mass is 79.9. The van der Waals surface area contributed by atoms with E-state index < -0.39 is 24.0 Å². The summed E-state index contributed by atoms with van der Waals surface area (Å²) < 4.78 is 12.4. The van der Waals surface area contributed by atoms with Gasteiger partial charge in [0.25, 0.3) is 5.56 Å². The molecule has 3 aromatic rings. The number of hydrogen-bond donors (Lipinski definition) is 2. The molecule has 0 saturated carbocycles. The van der Waals surface area contributed by atoms with Crippen LogP contribution in [0, 0.1) is 0 Å². The second kappa shape index (κ2) is 7.55. The molecule has 2 aromatic carbocycles. The average molecular weight is 460 g/mol. The molecule has 4 rings (SSSR count). The van der Waals surface area contributed by atoms with Crippen molar-refractivity contribution in [1.29, 1.82) is 0 Å². The molecule has 2 heterocycles. The molecule has 1 aliphatic rings. The fourth-order valence-corrected chi connectivity index (χ4v) is 3.41. The van der Waals surface area contributed by atoms with Gasteiger partial charge < -0.3 is 19.9 Å². The number of carboxylic acid groups (broad SMARTS) is 1. The molecule has 148 valence electrons. The van der Waals surface area contributed by atoms with Crippen LogP contribution in [0.2, 0.25) is 0 Å². The summed E-state index contributed by atoms with van der Waals surface area (Å²) in [4.78, 5) is 36.7. The zero-order chi connectivity index (χ0) is 20.5. The summed E-state index contributed by atoms with van der Waals surface area (Å²) in [5, 5.41) is 16.3. The lowest BCUT2D eigenvalue weighted by molar-refractivity contribution is -0.117. The molecule has 1 aromatic heterocycles. The summed E-state index contributed by atoms with van der Waals surface area (Å²) in [6.45, 7) is 0.384. The van der Waals surface area contributed by atoms with Gasteiger partial charge >= 0.3 is 5.97 Å². The van der Waals surface area contributed by atoms with Gasteiger partial charge in [-0.15, -0.1) is 0 Å². The van der Waals surface area contributed by atoms with Crippen LogP contribution in [0.15, 0.2) is 45.7 Å². The number of nitrogens with one attached hydrogen (secondary N) is 1. The van der Waals surface area contributed by atoms with E-state index in [4.69, 9.17) is 9.47 Å². The first-order valence-electron chi connectivity index (χ1n) is 8.56. The van der Waals surface area contributed by atoms with Crippen LogP contribution in [-0.2, 0) is 11.3 Å². The molecule has 0 unspecified atom stereocenters. The Hall–Kier alpha value is -3.40. The Morgan fingerprint density at radius 3 is 2.48 bits per heavy atom. The predicted octanol–water partition coefficient (Wildman–Crippen LogP) is 2.27. The average Bonchev–Trinajstić information content (AvgIpc) is 2.70. The topological polar surface area (TPSA) is 120 Å². The Morgan fingerprint density at radius 1 is 1.14 bits per heavy atom. The summed E-state index contributed by atoms with van der Waals surface area (Å²) in [5.41, 5.74) is -0.429. The van der Waals surface area contributed by atoms with Gasteiger partial charge in [0.1, 0.15) is 19.8 Å². The summed E-state index contributed by atoms with van der Waals surface area (Å²) >= 11 is 3.35. The van der Waals surface area contributed by atoms with E-state index in [1.54, 1.807) is 24.3 Å². The summed E-state index contributed by atoms with van der Waals surface area (Å²) in [7, 11) is 0. The number of carbonyl (C=O) groups excluding carboxylic acids is 1. The normalized spacial score (nSPS) is 12.6. The number of fused-ring (bicyclic) bond motifs is 2. The molecular weight excluding hydrogens is 446 g/mol. The number of aromatic carboxylic acids is 1. The first kappa shape index (κ1) is 18.9. The maximum atomic E-state index is 12.6. The third-order valence-electron chi connectivity index (χ3n) is 4.27. The molecule has 0 aliphatic carbocycles. The second-order valence-corrected chi connectivity index (χ2v) is 7.04. The number of carboxylic acids is 1. The molecule has 0 radical (unpaired) electrons. The fourth-order valence-electron chi connectivity index (χ4n) is 2.99. The van der Waals surface area contributed by atoms with Gasteiger partial charge in [0.15, 0.2) is 17.2 Å². The lowest BCUT2D eigenvalue weighted by Crippen LogP contribution is -2.31. The lowest BCUT2D eigenvalue weighted by atomic mass is 10.1. The second-order valence-electron chi connectivity index (χ2n) is 6.19. The van der Waals surface area contributed by atoms with Gasteiger partial charge in [0, 0.05) is 22.0 Å². The van der Waals surface area contributed by atoms with Gasteiger partial charge in [-0.1, -0.05) is 18.2 Å². The molecule has 0 spiro atoms. The van der Waals surface area contributed by atoms with Crippen molar-refractivity contribution in [3.05, 3.63) is 56.9 Å². The smallest absolute Gasteiger partial charge is 0.357 e. The highest BCUT2D eigenvalue weighted by molar-refractivity contribution is 9.10. The number of benzene rings is 2. The minimum absolute atomic E-state index is 0.174. The van der Waals surface area contributed by atoms with E-state index in [1.165, 1.54) is 12.1 Å². The SMILES string of the molecule is O=C(Cn1nc(C(=O)O)c2ccccc2c1=O)Nc1cc2c(cc1Br)OCCO2. The van der Waals surface area contributed by atoms with E-state index in [-0.39, 0.29) is 16.5 Å². The Morgan fingerprint density at radius 2 is 1.79 bits per heavy atom. The lowest BCUT2D eigenvalue weighted by Gasteiger charge is -2.20. The molecule has 0 saturated heterocycles. The van der Waals surface area contributed by atoms with Crippen molar-refractivity contribution in [2.75, 3.05) is 18.5 Å². The van der Waals surface area contributed by atoms with Crippen molar-refractivity contribution in [3.63, 3.8) is 0 Å². The number of amides is 1. The number of halogens is 1. The van der Waals surface area contributed by atoms with E-state index in [9.17, 15) is 19.5 Å². The van der Waals surface area contributed by atoms with Crippen molar-refractivity contribution in [1.82, 2.24) is 9.78 Å². The molecule has 29 heavy (non-hydrogen) atoms. The van der Waals surface area contributed by atoms with Crippen molar-refractivity contribution in [3.8, 4) is 11.5 Å². The van der Waals surface area contributed by atoms with Crippen LogP contribution < -0.4 is 20.3 Å². The van der Waals surface area contributed by atoms with Gasteiger partial charge in [-0.05, 0) is 22.0 Å². The molecular formula is C19H14BrN3O6. The van der Waals surface area contributed by atoms with Gasteiger partial charge in [-0.25, -0.2) is 9.48 Å². The van der Waals surface area contributed by atoms with E-state index in [0.717, 1.165) is 4.68 Å². The molecule has 1 aliphatic heterocycles. The monoisotopic (exact) mass is 459 g/mol.